The molecule has 0 radical (unpaired) electrons. The number of rotatable bonds is 10. The van der Waals surface area contributed by atoms with Gasteiger partial charge in [0.15, 0.2) is 0 Å². The summed E-state index contributed by atoms with van der Waals surface area (Å²) in [5, 5.41) is 5.01. The van der Waals surface area contributed by atoms with E-state index in [1.54, 1.807) is 0 Å². The molecule has 72 heavy (non-hydrogen) atoms. The first-order chi connectivity index (χ1) is 35.7. The first kappa shape index (κ1) is 42.6. The molecule has 0 amide bonds. The van der Waals surface area contributed by atoms with Crippen LogP contribution in [0.25, 0.3) is 105 Å². The summed E-state index contributed by atoms with van der Waals surface area (Å²) in [7, 11) is 0. The van der Waals surface area contributed by atoms with Gasteiger partial charge in [-0.3, -0.25) is 0 Å². The molecule has 1 aromatic heterocycles. The summed E-state index contributed by atoms with van der Waals surface area (Å²) in [5.41, 5.74) is 21.1. The Morgan fingerprint density at radius 2 is 0.583 bits per heavy atom. The highest BCUT2D eigenvalue weighted by Crippen LogP contribution is 2.44. The van der Waals surface area contributed by atoms with E-state index in [0.29, 0.717) is 0 Å². The van der Waals surface area contributed by atoms with Crippen molar-refractivity contribution in [1.82, 2.24) is 4.57 Å². The number of benzene rings is 12. The Balaban J connectivity index is 0.880. The standard InChI is InChI=1S/C70H48N2/c1-2-18-50(19-3-1)61-25-6-8-27-63(61)65-29-10-11-30-66(65)64-28-9-7-26-62(64)53-40-46-57(47-41-53)71(56-44-38-52(39-45-56)60-33-17-21-51-20-4-5-24-59(51)60)55-42-36-49(37-43-55)54-22-16-23-58(48-54)72-69-34-14-12-31-67(69)68-32-13-15-35-70(68)72/h1-48H. The van der Waals surface area contributed by atoms with Gasteiger partial charge in [-0.1, -0.05) is 231 Å². The molecular formula is C70H48N2. The third-order valence-corrected chi connectivity index (χ3v) is 14.3. The minimum atomic E-state index is 1.08. The summed E-state index contributed by atoms with van der Waals surface area (Å²) in [4.78, 5) is 2.37. The van der Waals surface area contributed by atoms with Gasteiger partial charge >= 0.3 is 0 Å². The molecule has 13 aromatic rings. The van der Waals surface area contributed by atoms with Crippen molar-refractivity contribution >= 4 is 49.6 Å². The average Bonchev–Trinajstić information content (AvgIpc) is 3.80. The third-order valence-electron chi connectivity index (χ3n) is 14.3. The Kier molecular flexibility index (Phi) is 10.9. The number of hydrogen-bond acceptors (Lipinski definition) is 1. The van der Waals surface area contributed by atoms with E-state index in [4.69, 9.17) is 0 Å². The fourth-order valence-corrected chi connectivity index (χ4v) is 10.8. The van der Waals surface area contributed by atoms with E-state index >= 15 is 0 Å². The van der Waals surface area contributed by atoms with Crippen LogP contribution in [0.5, 0.6) is 0 Å². The second-order valence-electron chi connectivity index (χ2n) is 18.4. The van der Waals surface area contributed by atoms with Gasteiger partial charge in [-0.15, -0.1) is 0 Å². The molecule has 2 heteroatoms. The maximum absolute atomic E-state index is 2.39. The second kappa shape index (κ2) is 18.4. The van der Waals surface area contributed by atoms with Gasteiger partial charge in [0.25, 0.3) is 0 Å². The van der Waals surface area contributed by atoms with Crippen LogP contribution in [0.2, 0.25) is 0 Å². The zero-order chi connectivity index (χ0) is 47.8. The Hall–Kier alpha value is -9.50. The third kappa shape index (κ3) is 7.73. The van der Waals surface area contributed by atoms with Gasteiger partial charge < -0.3 is 9.47 Å². The van der Waals surface area contributed by atoms with Crippen molar-refractivity contribution in [3.63, 3.8) is 0 Å². The van der Waals surface area contributed by atoms with Crippen LogP contribution in [-0.2, 0) is 0 Å². The molecule has 0 atom stereocenters. The highest BCUT2D eigenvalue weighted by molar-refractivity contribution is 6.09. The summed E-state index contributed by atoms with van der Waals surface area (Å²) in [6.45, 7) is 0. The van der Waals surface area contributed by atoms with Crippen molar-refractivity contribution in [2.75, 3.05) is 4.90 Å². The molecule has 2 nitrogen and oxygen atoms in total. The predicted molar refractivity (Wildman–Crippen MR) is 306 cm³/mol. The Morgan fingerprint density at radius 3 is 1.14 bits per heavy atom. The van der Waals surface area contributed by atoms with E-state index in [2.05, 4.69) is 301 Å². The molecule has 0 aliphatic carbocycles. The number of nitrogens with zero attached hydrogens (tertiary/aromatic N) is 2. The van der Waals surface area contributed by atoms with E-state index in [9.17, 15) is 0 Å². The summed E-state index contributed by atoms with van der Waals surface area (Å²) < 4.78 is 2.39. The molecule has 12 aromatic carbocycles. The number of hydrogen-bond donors (Lipinski definition) is 0. The second-order valence-corrected chi connectivity index (χ2v) is 18.4. The van der Waals surface area contributed by atoms with Crippen molar-refractivity contribution in [1.29, 1.82) is 0 Å². The van der Waals surface area contributed by atoms with E-state index in [1.807, 2.05) is 0 Å². The van der Waals surface area contributed by atoms with Gasteiger partial charge in [-0.05, 0) is 138 Å². The van der Waals surface area contributed by atoms with Crippen molar-refractivity contribution in [3.8, 4) is 72.4 Å². The molecule has 338 valence electrons. The average molecular weight is 917 g/mol. The molecule has 0 saturated carbocycles. The zero-order valence-electron chi connectivity index (χ0n) is 39.6. The lowest BCUT2D eigenvalue weighted by molar-refractivity contribution is 1.18. The zero-order valence-corrected chi connectivity index (χ0v) is 39.6. The summed E-state index contributed by atoms with van der Waals surface area (Å²) in [5.74, 6) is 0. The molecule has 0 spiro atoms. The van der Waals surface area contributed by atoms with Crippen LogP contribution in [0.1, 0.15) is 0 Å². The van der Waals surface area contributed by atoms with Crippen LogP contribution in [0.3, 0.4) is 0 Å². The smallest absolute Gasteiger partial charge is 0.0541 e. The van der Waals surface area contributed by atoms with Crippen LogP contribution >= 0.6 is 0 Å². The van der Waals surface area contributed by atoms with E-state index in [-0.39, 0.29) is 0 Å². The van der Waals surface area contributed by atoms with Gasteiger partial charge in [-0.2, -0.15) is 0 Å². The Labute approximate surface area is 420 Å². The minimum Gasteiger partial charge on any atom is -0.311 e. The largest absolute Gasteiger partial charge is 0.311 e. The van der Waals surface area contributed by atoms with Crippen molar-refractivity contribution in [2.45, 2.75) is 0 Å². The summed E-state index contributed by atoms with van der Waals surface area (Å²) in [6, 6.07) is 106. The Morgan fingerprint density at radius 1 is 0.222 bits per heavy atom. The van der Waals surface area contributed by atoms with Crippen LogP contribution in [-0.4, -0.2) is 4.57 Å². The molecule has 0 aliphatic rings. The van der Waals surface area contributed by atoms with Gasteiger partial charge in [-0.25, -0.2) is 0 Å². The van der Waals surface area contributed by atoms with E-state index in [0.717, 1.165) is 33.9 Å². The fourth-order valence-electron chi connectivity index (χ4n) is 10.8. The van der Waals surface area contributed by atoms with E-state index < -0.39 is 0 Å². The Bertz CT molecular complexity index is 4010. The molecule has 0 N–H and O–H groups in total. The van der Waals surface area contributed by atoms with Gasteiger partial charge in [0, 0.05) is 33.5 Å². The normalized spacial score (nSPS) is 11.3. The first-order valence-corrected chi connectivity index (χ1v) is 24.7. The van der Waals surface area contributed by atoms with Crippen molar-refractivity contribution < 1.29 is 0 Å². The monoisotopic (exact) mass is 916 g/mol. The lowest BCUT2D eigenvalue weighted by Gasteiger charge is -2.26. The predicted octanol–water partition coefficient (Wildman–Crippen LogP) is 19.4. The number of para-hydroxylation sites is 2. The quantitative estimate of drug-likeness (QED) is 0.133. The minimum absolute atomic E-state index is 1.08. The number of anilines is 3. The van der Waals surface area contributed by atoms with E-state index in [1.165, 1.54) is 88.2 Å². The van der Waals surface area contributed by atoms with Crippen molar-refractivity contribution in [3.05, 3.63) is 291 Å². The molecule has 13 rings (SSSR count). The first-order valence-electron chi connectivity index (χ1n) is 24.7. The topological polar surface area (TPSA) is 8.17 Å². The molecule has 0 aliphatic heterocycles. The maximum Gasteiger partial charge on any atom is 0.0541 e. The number of fused-ring (bicyclic) bond motifs is 4. The highest BCUT2D eigenvalue weighted by atomic mass is 15.1. The molecule has 0 unspecified atom stereocenters. The van der Waals surface area contributed by atoms with Gasteiger partial charge in [0.2, 0.25) is 0 Å². The lowest BCUT2D eigenvalue weighted by atomic mass is 9.87. The SMILES string of the molecule is c1ccc(-c2ccccc2-c2ccccc2-c2ccccc2-c2ccc(N(c3ccc(-c4cccc(-n5c6ccccc6c6ccccc65)c4)cc3)c3ccc(-c4cccc5ccccc45)cc3)cc2)cc1. The van der Waals surface area contributed by atoms with Crippen LogP contribution in [0, 0.1) is 0 Å². The molecule has 1 heterocycles. The van der Waals surface area contributed by atoms with Crippen LogP contribution in [0.4, 0.5) is 17.1 Å². The molecule has 0 fully saturated rings. The maximum atomic E-state index is 2.39. The summed E-state index contributed by atoms with van der Waals surface area (Å²) in [6.07, 6.45) is 0. The summed E-state index contributed by atoms with van der Waals surface area (Å²) >= 11 is 0. The van der Waals surface area contributed by atoms with Crippen LogP contribution in [0.15, 0.2) is 291 Å². The molecular weight excluding hydrogens is 869 g/mol. The number of aromatic nitrogens is 1. The van der Waals surface area contributed by atoms with Crippen molar-refractivity contribution in [2.24, 2.45) is 0 Å². The molecule has 0 saturated heterocycles. The van der Waals surface area contributed by atoms with Gasteiger partial charge in [0.1, 0.15) is 0 Å². The van der Waals surface area contributed by atoms with Crippen LogP contribution < -0.4 is 4.90 Å². The highest BCUT2D eigenvalue weighted by Gasteiger charge is 2.19. The molecule has 0 bridgehead atoms. The lowest BCUT2D eigenvalue weighted by Crippen LogP contribution is -2.09. The van der Waals surface area contributed by atoms with Gasteiger partial charge in [0.05, 0.1) is 11.0 Å². The fraction of sp³-hybridized carbons (Fsp3) is 0.